The molecule has 0 aromatic carbocycles. The van der Waals surface area contributed by atoms with Gasteiger partial charge in [0, 0.05) is 32.7 Å². The summed E-state index contributed by atoms with van der Waals surface area (Å²) in [5, 5.41) is 2.93. The second-order valence-electron chi connectivity index (χ2n) is 2.06. The van der Waals surface area contributed by atoms with Crippen LogP contribution in [0.4, 0.5) is 0 Å². The van der Waals surface area contributed by atoms with Crippen LogP contribution in [0.25, 0.3) is 0 Å². The molecule has 1 unspecified atom stereocenters. The van der Waals surface area contributed by atoms with Crippen LogP contribution in [0, 0.1) is 13.8 Å². The molecule has 0 fully saturated rings. The number of nitrogens with one attached hydrogen (secondary N) is 1. The van der Waals surface area contributed by atoms with Crippen molar-refractivity contribution in [2.75, 3.05) is 6.54 Å². The molecule has 0 spiro atoms. The van der Waals surface area contributed by atoms with Gasteiger partial charge in [0.05, 0.1) is 0 Å². The summed E-state index contributed by atoms with van der Waals surface area (Å²) >= 11 is 0. The van der Waals surface area contributed by atoms with Crippen molar-refractivity contribution in [1.82, 2.24) is 5.32 Å². The Kier molecular flexibility index (Phi) is 10.4. The Balaban J connectivity index is 0. The van der Waals surface area contributed by atoms with E-state index in [2.05, 4.69) is 19.2 Å². The van der Waals surface area contributed by atoms with Gasteiger partial charge in [-0.2, -0.15) is 0 Å². The van der Waals surface area contributed by atoms with Crippen molar-refractivity contribution in [2.45, 2.75) is 19.4 Å². The summed E-state index contributed by atoms with van der Waals surface area (Å²) in [4.78, 5) is 10.4. The first-order valence-electron chi connectivity index (χ1n) is 3.02. The summed E-state index contributed by atoms with van der Waals surface area (Å²) in [6.45, 7) is 9.45. The molecule has 10 heavy (non-hydrogen) atoms. The van der Waals surface area contributed by atoms with Crippen molar-refractivity contribution in [3.63, 3.8) is 0 Å². The SMILES string of the molecule is [CH2-]CNC([CH2-])CC(C)=O.[Y]. The minimum atomic E-state index is 0. The number of ketones is 1. The van der Waals surface area contributed by atoms with Crippen LogP contribution >= 0.6 is 0 Å². The van der Waals surface area contributed by atoms with Crippen LogP contribution in [0.15, 0.2) is 0 Å². The van der Waals surface area contributed by atoms with Gasteiger partial charge in [-0.1, -0.05) is 0 Å². The first kappa shape index (κ1) is 13.3. The molecule has 1 N–H and O–H groups in total. The summed E-state index contributed by atoms with van der Waals surface area (Å²) in [6.07, 6.45) is 0.496. The second-order valence-corrected chi connectivity index (χ2v) is 2.06. The van der Waals surface area contributed by atoms with Gasteiger partial charge in [-0.05, 0) is 13.3 Å². The van der Waals surface area contributed by atoms with E-state index in [0.29, 0.717) is 13.0 Å². The summed E-state index contributed by atoms with van der Waals surface area (Å²) in [5.41, 5.74) is 0. The summed E-state index contributed by atoms with van der Waals surface area (Å²) in [5.74, 6) is 0.163. The second kappa shape index (κ2) is 7.84. The zero-order valence-electron chi connectivity index (χ0n) is 6.39. The van der Waals surface area contributed by atoms with E-state index in [1.54, 1.807) is 6.92 Å². The van der Waals surface area contributed by atoms with Gasteiger partial charge < -0.3 is 24.0 Å². The van der Waals surface area contributed by atoms with E-state index in [-0.39, 0.29) is 44.5 Å². The maximum atomic E-state index is 10.4. The van der Waals surface area contributed by atoms with Gasteiger partial charge in [0.1, 0.15) is 5.78 Å². The molecule has 0 aliphatic carbocycles. The predicted molar refractivity (Wildman–Crippen MR) is 37.8 cm³/mol. The molecule has 0 aromatic rings. The number of carbonyl (C=O) groups excluding carboxylic acids is 1. The third kappa shape index (κ3) is 8.73. The monoisotopic (exact) mass is 216 g/mol. The van der Waals surface area contributed by atoms with Gasteiger partial charge in [0.15, 0.2) is 0 Å². The minimum Gasteiger partial charge on any atom is -0.373 e. The summed E-state index contributed by atoms with van der Waals surface area (Å²) < 4.78 is 0. The Hall–Kier alpha value is 0.734. The van der Waals surface area contributed by atoms with Gasteiger partial charge in [-0.15, -0.1) is 12.6 Å². The Bertz CT molecular complexity index is 95.6. The van der Waals surface area contributed by atoms with E-state index in [1.807, 2.05) is 0 Å². The molecule has 0 aliphatic heterocycles. The molecule has 0 aromatic heterocycles. The van der Waals surface area contributed by atoms with Crippen molar-refractivity contribution in [2.24, 2.45) is 0 Å². The smallest absolute Gasteiger partial charge is 0.128 e. The van der Waals surface area contributed by atoms with Crippen LogP contribution in [0.3, 0.4) is 0 Å². The first-order chi connectivity index (χ1) is 4.16. The predicted octanol–water partition coefficient (Wildman–Crippen LogP) is 0.589. The van der Waals surface area contributed by atoms with E-state index in [9.17, 15) is 4.79 Å². The number of Topliss-reactive ketones (excluding diaryl/α,β-unsaturated/α-hetero) is 1. The standard InChI is InChI=1S/C7H13NO.Y/c1-4-8-6(2)5-7(3)9;/h6,8H,1-2,4-5H2,3H3;/q-2;. The van der Waals surface area contributed by atoms with E-state index >= 15 is 0 Å². The maximum Gasteiger partial charge on any atom is 0.128 e. The van der Waals surface area contributed by atoms with Gasteiger partial charge in [0.2, 0.25) is 0 Å². The fourth-order valence-electron chi connectivity index (χ4n) is 0.623. The number of rotatable bonds is 4. The third-order valence-corrected chi connectivity index (χ3v) is 0.967. The van der Waals surface area contributed by atoms with Gasteiger partial charge in [-0.3, -0.25) is 0 Å². The van der Waals surface area contributed by atoms with Crippen LogP contribution < -0.4 is 5.32 Å². The van der Waals surface area contributed by atoms with Crippen LogP contribution in [0.1, 0.15) is 13.3 Å². The number of carbonyl (C=O) groups is 1. The summed E-state index contributed by atoms with van der Waals surface area (Å²) in [7, 11) is 0. The molecular weight excluding hydrogens is 203 g/mol. The fourth-order valence-corrected chi connectivity index (χ4v) is 0.623. The zero-order chi connectivity index (χ0) is 7.28. The summed E-state index contributed by atoms with van der Waals surface area (Å²) in [6, 6.07) is 0.0278. The molecule has 3 heteroatoms. The molecule has 0 saturated heterocycles. The fraction of sp³-hybridized carbons (Fsp3) is 0.571. The molecule has 0 bridgehead atoms. The van der Waals surface area contributed by atoms with Crippen molar-refractivity contribution in [1.29, 1.82) is 0 Å². The molecule has 2 nitrogen and oxygen atoms in total. The average Bonchev–Trinajstić information content (AvgIpc) is 1.63. The first-order valence-corrected chi connectivity index (χ1v) is 3.02. The Morgan fingerprint density at radius 3 is 2.50 bits per heavy atom. The largest absolute Gasteiger partial charge is 0.373 e. The van der Waals surface area contributed by atoms with Gasteiger partial charge in [-0.25, -0.2) is 0 Å². The Morgan fingerprint density at radius 2 is 2.20 bits per heavy atom. The van der Waals surface area contributed by atoms with Gasteiger partial charge in [0.25, 0.3) is 0 Å². The van der Waals surface area contributed by atoms with Crippen LogP contribution in [-0.4, -0.2) is 18.4 Å². The zero-order valence-corrected chi connectivity index (χ0v) is 9.23. The number of hydrogen-bond acceptors (Lipinski definition) is 2. The molecule has 0 amide bonds. The molecule has 57 valence electrons. The number of hydrogen-bond donors (Lipinski definition) is 1. The molecular formula is C7H13NOY-2. The normalized spacial score (nSPS) is 11.9. The quantitative estimate of drug-likeness (QED) is 0.697. The van der Waals surface area contributed by atoms with E-state index < -0.39 is 0 Å². The molecule has 0 aliphatic rings. The van der Waals surface area contributed by atoms with E-state index in [0.717, 1.165) is 0 Å². The van der Waals surface area contributed by atoms with Crippen molar-refractivity contribution in [3.05, 3.63) is 13.8 Å². The topological polar surface area (TPSA) is 29.1 Å². The van der Waals surface area contributed by atoms with E-state index in [1.165, 1.54) is 0 Å². The van der Waals surface area contributed by atoms with Crippen LogP contribution in [0.2, 0.25) is 0 Å². The van der Waals surface area contributed by atoms with Crippen LogP contribution in [-0.2, 0) is 37.5 Å². The maximum absolute atomic E-state index is 10.4. The van der Waals surface area contributed by atoms with Crippen molar-refractivity contribution >= 4 is 5.78 Å². The van der Waals surface area contributed by atoms with E-state index in [4.69, 9.17) is 0 Å². The molecule has 0 heterocycles. The Morgan fingerprint density at radius 1 is 1.70 bits per heavy atom. The van der Waals surface area contributed by atoms with Crippen LogP contribution in [0.5, 0.6) is 0 Å². The van der Waals surface area contributed by atoms with Crippen molar-refractivity contribution in [3.8, 4) is 0 Å². The van der Waals surface area contributed by atoms with Crippen molar-refractivity contribution < 1.29 is 37.5 Å². The molecule has 0 saturated carbocycles. The average molecular weight is 216 g/mol. The third-order valence-electron chi connectivity index (χ3n) is 0.967. The molecule has 0 rings (SSSR count). The molecule has 1 radical (unpaired) electrons. The Labute approximate surface area is 88.0 Å². The minimum absolute atomic E-state index is 0. The molecule has 1 atom stereocenters. The van der Waals surface area contributed by atoms with Gasteiger partial charge >= 0.3 is 0 Å².